The van der Waals surface area contributed by atoms with Crippen molar-refractivity contribution in [1.82, 2.24) is 5.32 Å². The van der Waals surface area contributed by atoms with Crippen LogP contribution in [0.3, 0.4) is 0 Å². The van der Waals surface area contributed by atoms with E-state index in [1.165, 1.54) is 16.7 Å². The third-order valence-corrected chi connectivity index (χ3v) is 2.94. The molecule has 2 nitrogen and oxygen atoms in total. The average molecular weight is 202 g/mol. The summed E-state index contributed by atoms with van der Waals surface area (Å²) in [7, 11) is 0. The second-order valence-electron chi connectivity index (χ2n) is 4.32. The molecule has 0 amide bonds. The molecule has 1 aromatic rings. The maximum atomic E-state index is 6.03. The molecular weight excluding hydrogens is 184 g/mol. The summed E-state index contributed by atoms with van der Waals surface area (Å²) < 4.78 is 0. The second kappa shape index (κ2) is 4.07. The third kappa shape index (κ3) is 2.05. The molecule has 0 unspecified atom stereocenters. The van der Waals surface area contributed by atoms with Crippen molar-refractivity contribution in [1.29, 1.82) is 0 Å². The van der Waals surface area contributed by atoms with E-state index in [1.54, 1.807) is 0 Å². The van der Waals surface area contributed by atoms with E-state index < -0.39 is 0 Å². The summed E-state index contributed by atoms with van der Waals surface area (Å²) in [6.45, 7) is 6.17. The lowest BCUT2D eigenvalue weighted by Gasteiger charge is -2.18. The zero-order chi connectivity index (χ0) is 10.8. The first-order valence-corrected chi connectivity index (χ1v) is 5.44. The average Bonchev–Trinajstić information content (AvgIpc) is 2.27. The quantitative estimate of drug-likeness (QED) is 0.731. The number of hydrogen-bond donors (Lipinski definition) is 2. The molecule has 0 spiro atoms. The Labute approximate surface area is 91.2 Å². The predicted octanol–water partition coefficient (Wildman–Crippen LogP) is 2.04. The minimum Gasteiger partial charge on any atom is -0.398 e. The van der Waals surface area contributed by atoms with Crippen LogP contribution in [0.25, 0.3) is 5.70 Å². The molecule has 1 heterocycles. The van der Waals surface area contributed by atoms with Crippen LogP contribution in [0.5, 0.6) is 0 Å². The van der Waals surface area contributed by atoms with Crippen molar-refractivity contribution in [2.24, 2.45) is 5.73 Å². The highest BCUT2D eigenvalue weighted by molar-refractivity contribution is 5.66. The molecule has 2 rings (SSSR count). The van der Waals surface area contributed by atoms with Gasteiger partial charge in [0, 0.05) is 12.2 Å². The van der Waals surface area contributed by atoms with E-state index in [4.69, 9.17) is 5.73 Å². The summed E-state index contributed by atoms with van der Waals surface area (Å²) in [5.41, 5.74) is 12.1. The minimum absolute atomic E-state index is 0.913. The van der Waals surface area contributed by atoms with Gasteiger partial charge in [0.05, 0.1) is 0 Å². The van der Waals surface area contributed by atoms with Crippen LogP contribution in [-0.4, -0.2) is 6.54 Å². The van der Waals surface area contributed by atoms with Gasteiger partial charge in [-0.15, -0.1) is 0 Å². The zero-order valence-corrected chi connectivity index (χ0v) is 9.43. The van der Waals surface area contributed by atoms with Gasteiger partial charge in [0.1, 0.15) is 0 Å². The van der Waals surface area contributed by atoms with Crippen molar-refractivity contribution in [2.75, 3.05) is 6.54 Å². The molecular formula is C13H18N2. The number of nitrogens with two attached hydrogens (primary N) is 1. The fraction of sp³-hybridized carbons (Fsp3) is 0.385. The highest BCUT2D eigenvalue weighted by atomic mass is 14.9. The van der Waals surface area contributed by atoms with Gasteiger partial charge in [0.15, 0.2) is 0 Å². The monoisotopic (exact) mass is 202 g/mol. The van der Waals surface area contributed by atoms with Crippen molar-refractivity contribution in [3.63, 3.8) is 0 Å². The van der Waals surface area contributed by atoms with Crippen molar-refractivity contribution >= 4 is 5.70 Å². The van der Waals surface area contributed by atoms with Crippen LogP contribution in [-0.2, 0) is 13.0 Å². The number of nitrogens with one attached hydrogen (secondary N) is 1. The molecule has 0 aromatic heterocycles. The molecule has 2 heteroatoms. The van der Waals surface area contributed by atoms with E-state index in [0.717, 1.165) is 30.8 Å². The van der Waals surface area contributed by atoms with Crippen LogP contribution in [0.4, 0.5) is 0 Å². The number of rotatable bonds is 1. The number of hydrogen-bond acceptors (Lipinski definition) is 2. The Hall–Kier alpha value is -1.28. The first-order chi connectivity index (χ1) is 7.18. The Kier molecular flexibility index (Phi) is 2.78. The number of benzene rings is 1. The lowest BCUT2D eigenvalue weighted by molar-refractivity contribution is 0.643. The van der Waals surface area contributed by atoms with Crippen molar-refractivity contribution in [3.8, 4) is 0 Å². The van der Waals surface area contributed by atoms with Gasteiger partial charge in [0.25, 0.3) is 0 Å². The molecule has 1 aliphatic rings. The summed E-state index contributed by atoms with van der Waals surface area (Å²) >= 11 is 0. The largest absolute Gasteiger partial charge is 0.398 e. The summed E-state index contributed by atoms with van der Waals surface area (Å²) in [5.74, 6) is 0. The SMILES string of the molecule is CC(C)=C(N)c1ccc2c(c1)CCNC2. The van der Waals surface area contributed by atoms with E-state index in [2.05, 4.69) is 37.4 Å². The maximum Gasteiger partial charge on any atom is 0.0373 e. The van der Waals surface area contributed by atoms with Crippen molar-refractivity contribution in [2.45, 2.75) is 26.8 Å². The van der Waals surface area contributed by atoms with Crippen LogP contribution in [0.1, 0.15) is 30.5 Å². The maximum absolute atomic E-state index is 6.03. The lowest BCUT2D eigenvalue weighted by atomic mass is 9.96. The molecule has 0 atom stereocenters. The van der Waals surface area contributed by atoms with Gasteiger partial charge in [-0.25, -0.2) is 0 Å². The normalized spacial score (nSPS) is 14.5. The van der Waals surface area contributed by atoms with Gasteiger partial charge >= 0.3 is 0 Å². The summed E-state index contributed by atoms with van der Waals surface area (Å²) in [4.78, 5) is 0. The van der Waals surface area contributed by atoms with Crippen molar-refractivity contribution < 1.29 is 0 Å². The molecule has 0 radical (unpaired) electrons. The Bertz CT molecular complexity index is 401. The van der Waals surface area contributed by atoms with Gasteiger partial charge in [-0.3, -0.25) is 0 Å². The van der Waals surface area contributed by atoms with E-state index in [-0.39, 0.29) is 0 Å². The number of allylic oxidation sites excluding steroid dienone is 1. The van der Waals surface area contributed by atoms with E-state index in [9.17, 15) is 0 Å². The molecule has 1 aliphatic heterocycles. The van der Waals surface area contributed by atoms with E-state index >= 15 is 0 Å². The number of fused-ring (bicyclic) bond motifs is 1. The second-order valence-corrected chi connectivity index (χ2v) is 4.32. The Balaban J connectivity index is 2.40. The summed E-state index contributed by atoms with van der Waals surface area (Å²) in [6, 6.07) is 6.54. The molecule has 0 bridgehead atoms. The molecule has 1 aromatic carbocycles. The third-order valence-electron chi connectivity index (χ3n) is 2.94. The van der Waals surface area contributed by atoms with Crippen molar-refractivity contribution in [3.05, 3.63) is 40.5 Å². The minimum atomic E-state index is 0.913. The lowest BCUT2D eigenvalue weighted by Crippen LogP contribution is -2.23. The molecule has 0 saturated heterocycles. The Morgan fingerprint density at radius 2 is 2.07 bits per heavy atom. The standard InChI is InChI=1S/C13H18N2/c1-9(2)13(14)11-3-4-12-8-15-6-5-10(12)7-11/h3-4,7,15H,5-6,8,14H2,1-2H3. The molecule has 0 aliphatic carbocycles. The fourth-order valence-corrected chi connectivity index (χ4v) is 1.93. The first kappa shape index (κ1) is 10.2. The van der Waals surface area contributed by atoms with Gasteiger partial charge in [-0.05, 0) is 49.6 Å². The summed E-state index contributed by atoms with van der Waals surface area (Å²) in [5, 5.41) is 3.37. The van der Waals surface area contributed by atoms with Crippen LogP contribution in [0, 0.1) is 0 Å². The van der Waals surface area contributed by atoms with Gasteiger partial charge in [0.2, 0.25) is 0 Å². The van der Waals surface area contributed by atoms with Gasteiger partial charge in [-0.2, -0.15) is 0 Å². The molecule has 15 heavy (non-hydrogen) atoms. The van der Waals surface area contributed by atoms with E-state index in [1.807, 2.05) is 0 Å². The zero-order valence-electron chi connectivity index (χ0n) is 9.43. The molecule has 0 fully saturated rings. The Morgan fingerprint density at radius 3 is 2.80 bits per heavy atom. The smallest absolute Gasteiger partial charge is 0.0373 e. The topological polar surface area (TPSA) is 38.0 Å². The highest BCUT2D eigenvalue weighted by Gasteiger charge is 2.09. The highest BCUT2D eigenvalue weighted by Crippen LogP contribution is 2.20. The van der Waals surface area contributed by atoms with Crippen LogP contribution in [0.2, 0.25) is 0 Å². The van der Waals surface area contributed by atoms with Crippen LogP contribution >= 0.6 is 0 Å². The Morgan fingerprint density at radius 1 is 1.27 bits per heavy atom. The van der Waals surface area contributed by atoms with Crippen LogP contribution < -0.4 is 11.1 Å². The van der Waals surface area contributed by atoms with Gasteiger partial charge < -0.3 is 11.1 Å². The fourth-order valence-electron chi connectivity index (χ4n) is 1.93. The summed E-state index contributed by atoms with van der Waals surface area (Å²) in [6.07, 6.45) is 1.11. The molecule has 80 valence electrons. The molecule has 3 N–H and O–H groups in total. The predicted molar refractivity (Wildman–Crippen MR) is 64.3 cm³/mol. The molecule has 0 saturated carbocycles. The van der Waals surface area contributed by atoms with Gasteiger partial charge in [-0.1, -0.05) is 17.7 Å². The van der Waals surface area contributed by atoms with E-state index in [0.29, 0.717) is 0 Å². The van der Waals surface area contributed by atoms with Crippen LogP contribution in [0.15, 0.2) is 23.8 Å². The first-order valence-electron chi connectivity index (χ1n) is 5.44.